The lowest BCUT2D eigenvalue weighted by Crippen LogP contribution is -1.98. The van der Waals surface area contributed by atoms with Crippen LogP contribution in [0.25, 0.3) is 0 Å². The van der Waals surface area contributed by atoms with Gasteiger partial charge in [0, 0.05) is 11.9 Å². The van der Waals surface area contributed by atoms with Gasteiger partial charge < -0.3 is 5.32 Å². The van der Waals surface area contributed by atoms with Gasteiger partial charge in [-0.3, -0.25) is 0 Å². The molecule has 3 nitrogen and oxygen atoms in total. The molecule has 0 fully saturated rings. The normalized spacial score (nSPS) is 10.3. The number of benzene rings is 1. The molecule has 0 aliphatic rings. The van der Waals surface area contributed by atoms with E-state index < -0.39 is 5.82 Å². The van der Waals surface area contributed by atoms with E-state index in [9.17, 15) is 8.78 Å². The van der Waals surface area contributed by atoms with E-state index in [-0.39, 0.29) is 10.8 Å². The average Bonchev–Trinajstić information content (AvgIpc) is 2.32. The van der Waals surface area contributed by atoms with Crippen LogP contribution < -0.4 is 5.32 Å². The summed E-state index contributed by atoms with van der Waals surface area (Å²) in [6.07, 6.45) is 1.08. The molecule has 1 heterocycles. The Hall–Kier alpha value is -1.69. The fourth-order valence-corrected chi connectivity index (χ4v) is 2.01. The molecule has 6 heteroatoms. The predicted molar refractivity (Wildman–Crippen MR) is 62.1 cm³/mol. The Morgan fingerprint density at radius 2 is 2.12 bits per heavy atom. The van der Waals surface area contributed by atoms with Crippen molar-refractivity contribution in [3.8, 4) is 0 Å². The summed E-state index contributed by atoms with van der Waals surface area (Å²) in [7, 11) is 1.64. The van der Waals surface area contributed by atoms with Gasteiger partial charge in [0.15, 0.2) is 5.82 Å². The van der Waals surface area contributed by atoms with E-state index in [2.05, 4.69) is 15.3 Å². The Labute approximate surface area is 101 Å². The van der Waals surface area contributed by atoms with Crippen molar-refractivity contribution < 1.29 is 8.78 Å². The Kier molecular flexibility index (Phi) is 3.53. The molecule has 0 saturated heterocycles. The lowest BCUT2D eigenvalue weighted by Gasteiger charge is -2.04. The number of aromatic nitrogens is 2. The molecule has 0 spiro atoms. The third kappa shape index (κ3) is 2.91. The number of anilines is 1. The number of rotatable bonds is 3. The minimum atomic E-state index is -0.529. The van der Waals surface area contributed by atoms with Crippen LogP contribution in [0.2, 0.25) is 0 Å². The molecule has 2 aromatic rings. The van der Waals surface area contributed by atoms with Gasteiger partial charge in [-0.05, 0) is 18.2 Å². The number of nitrogens with zero attached hydrogens (tertiary/aromatic N) is 2. The van der Waals surface area contributed by atoms with Crippen molar-refractivity contribution in [1.29, 1.82) is 0 Å². The molecule has 0 unspecified atom stereocenters. The van der Waals surface area contributed by atoms with Crippen molar-refractivity contribution in [3.63, 3.8) is 0 Å². The van der Waals surface area contributed by atoms with Gasteiger partial charge in [0.25, 0.3) is 0 Å². The van der Waals surface area contributed by atoms with Gasteiger partial charge in [-0.2, -0.15) is 0 Å². The van der Waals surface area contributed by atoms with E-state index in [4.69, 9.17) is 0 Å². The smallest absolute Gasteiger partial charge is 0.223 e. The van der Waals surface area contributed by atoms with E-state index >= 15 is 0 Å². The van der Waals surface area contributed by atoms with Crippen LogP contribution >= 0.6 is 11.8 Å². The minimum Gasteiger partial charge on any atom is -0.357 e. The molecule has 1 aromatic carbocycles. The molecule has 88 valence electrons. The average molecular weight is 253 g/mol. The zero-order valence-electron chi connectivity index (χ0n) is 8.95. The molecular weight excluding hydrogens is 244 g/mol. The SMILES string of the molecule is CNc1ncc(F)c(Sc2cccc(F)c2)n1. The monoisotopic (exact) mass is 253 g/mol. The summed E-state index contributed by atoms with van der Waals surface area (Å²) in [5, 5.41) is 2.88. The molecule has 17 heavy (non-hydrogen) atoms. The number of halogens is 2. The Morgan fingerprint density at radius 1 is 1.29 bits per heavy atom. The first-order valence-electron chi connectivity index (χ1n) is 4.83. The van der Waals surface area contributed by atoms with Crippen LogP contribution in [-0.4, -0.2) is 17.0 Å². The summed E-state index contributed by atoms with van der Waals surface area (Å²) >= 11 is 1.05. The maximum Gasteiger partial charge on any atom is 0.223 e. The van der Waals surface area contributed by atoms with E-state index in [0.717, 1.165) is 18.0 Å². The standard InChI is InChI=1S/C11H9F2N3S/c1-14-11-15-6-9(13)10(16-11)17-8-4-2-3-7(12)5-8/h2-6H,1H3,(H,14,15,16). The van der Waals surface area contributed by atoms with Gasteiger partial charge in [-0.1, -0.05) is 17.8 Å². The van der Waals surface area contributed by atoms with E-state index in [1.165, 1.54) is 12.1 Å². The van der Waals surface area contributed by atoms with E-state index in [1.54, 1.807) is 19.2 Å². The molecule has 0 saturated carbocycles. The second-order valence-corrected chi connectivity index (χ2v) is 4.22. The van der Waals surface area contributed by atoms with E-state index in [0.29, 0.717) is 10.8 Å². The van der Waals surface area contributed by atoms with Gasteiger partial charge in [-0.25, -0.2) is 18.7 Å². The number of hydrogen-bond donors (Lipinski definition) is 1. The lowest BCUT2D eigenvalue weighted by molar-refractivity contribution is 0.580. The summed E-state index contributed by atoms with van der Waals surface area (Å²) in [5.41, 5.74) is 0. The Morgan fingerprint density at radius 3 is 2.82 bits per heavy atom. The molecule has 1 N–H and O–H groups in total. The predicted octanol–water partition coefficient (Wildman–Crippen LogP) is 2.95. The largest absolute Gasteiger partial charge is 0.357 e. The Balaban J connectivity index is 2.29. The van der Waals surface area contributed by atoms with E-state index in [1.807, 2.05) is 0 Å². The van der Waals surface area contributed by atoms with Crippen LogP contribution in [0.1, 0.15) is 0 Å². The first-order valence-corrected chi connectivity index (χ1v) is 5.64. The van der Waals surface area contributed by atoms with Crippen molar-refractivity contribution in [2.75, 3.05) is 12.4 Å². The van der Waals surface area contributed by atoms with Gasteiger partial charge in [0.05, 0.1) is 6.20 Å². The van der Waals surface area contributed by atoms with Crippen molar-refractivity contribution in [3.05, 3.63) is 42.1 Å². The van der Waals surface area contributed by atoms with Crippen molar-refractivity contribution >= 4 is 17.7 Å². The zero-order chi connectivity index (χ0) is 12.3. The molecule has 1 aromatic heterocycles. The van der Waals surface area contributed by atoms with Crippen LogP contribution in [0.4, 0.5) is 14.7 Å². The van der Waals surface area contributed by atoms with Gasteiger partial charge in [0.2, 0.25) is 5.95 Å². The first-order chi connectivity index (χ1) is 8.19. The lowest BCUT2D eigenvalue weighted by atomic mass is 10.4. The number of nitrogens with one attached hydrogen (secondary N) is 1. The molecule has 0 radical (unpaired) electrons. The second-order valence-electron chi connectivity index (χ2n) is 3.16. The maximum absolute atomic E-state index is 13.4. The fourth-order valence-electron chi connectivity index (χ4n) is 1.19. The third-order valence-electron chi connectivity index (χ3n) is 1.95. The third-order valence-corrected chi connectivity index (χ3v) is 2.92. The molecule has 0 atom stereocenters. The highest BCUT2D eigenvalue weighted by Crippen LogP contribution is 2.28. The van der Waals surface area contributed by atoms with Crippen LogP contribution in [0, 0.1) is 11.6 Å². The van der Waals surface area contributed by atoms with Crippen molar-refractivity contribution in [1.82, 2.24) is 9.97 Å². The van der Waals surface area contributed by atoms with Crippen molar-refractivity contribution in [2.45, 2.75) is 9.92 Å². The maximum atomic E-state index is 13.4. The van der Waals surface area contributed by atoms with Crippen LogP contribution in [0.5, 0.6) is 0 Å². The fraction of sp³-hybridized carbons (Fsp3) is 0.0909. The molecule has 0 aliphatic heterocycles. The summed E-state index contributed by atoms with van der Waals surface area (Å²) in [4.78, 5) is 8.28. The first kappa shape index (κ1) is 11.8. The van der Waals surface area contributed by atoms with Gasteiger partial charge in [-0.15, -0.1) is 0 Å². The Bertz CT molecular complexity index is 534. The molecule has 0 aliphatic carbocycles. The van der Waals surface area contributed by atoms with Crippen LogP contribution in [0.3, 0.4) is 0 Å². The molecule has 2 rings (SSSR count). The molecular formula is C11H9F2N3S. The topological polar surface area (TPSA) is 37.8 Å². The highest BCUT2D eigenvalue weighted by atomic mass is 32.2. The second kappa shape index (κ2) is 5.09. The molecule has 0 bridgehead atoms. The van der Waals surface area contributed by atoms with Gasteiger partial charge >= 0.3 is 0 Å². The van der Waals surface area contributed by atoms with Crippen LogP contribution in [-0.2, 0) is 0 Å². The number of hydrogen-bond acceptors (Lipinski definition) is 4. The van der Waals surface area contributed by atoms with Gasteiger partial charge in [0.1, 0.15) is 10.8 Å². The summed E-state index contributed by atoms with van der Waals surface area (Å²) in [6.45, 7) is 0. The highest BCUT2D eigenvalue weighted by molar-refractivity contribution is 7.99. The van der Waals surface area contributed by atoms with Crippen LogP contribution in [0.15, 0.2) is 40.4 Å². The minimum absolute atomic E-state index is 0.162. The quantitative estimate of drug-likeness (QED) is 0.853. The summed E-state index contributed by atoms with van der Waals surface area (Å²) in [5.74, 6) is -0.568. The molecule has 0 amide bonds. The van der Waals surface area contributed by atoms with Crippen molar-refractivity contribution in [2.24, 2.45) is 0 Å². The zero-order valence-corrected chi connectivity index (χ0v) is 9.76. The summed E-state index contributed by atoms with van der Waals surface area (Å²) in [6, 6.07) is 5.91. The highest BCUT2D eigenvalue weighted by Gasteiger charge is 2.08. The summed E-state index contributed by atoms with van der Waals surface area (Å²) < 4.78 is 26.4.